The number of carbonyl (C=O) groups excluding carboxylic acids is 1. The third-order valence-electron chi connectivity index (χ3n) is 5.41. The highest BCUT2D eigenvalue weighted by Crippen LogP contribution is 2.13. The Morgan fingerprint density at radius 3 is 2.37 bits per heavy atom. The number of nitrogens with zero attached hydrogens (tertiary/aromatic N) is 5. The first-order valence-corrected chi connectivity index (χ1v) is 10.2. The Morgan fingerprint density at radius 1 is 0.900 bits per heavy atom. The van der Waals surface area contributed by atoms with Crippen LogP contribution >= 0.6 is 0 Å². The molecule has 1 aliphatic rings. The third kappa shape index (κ3) is 4.99. The number of aromatic nitrogens is 3. The quantitative estimate of drug-likeness (QED) is 0.626. The van der Waals surface area contributed by atoms with Gasteiger partial charge in [0.15, 0.2) is 0 Å². The molecule has 0 unspecified atom stereocenters. The minimum absolute atomic E-state index is 0.0399. The highest BCUT2D eigenvalue weighted by atomic mass is 16.2. The molecule has 1 aliphatic heterocycles. The lowest BCUT2D eigenvalue weighted by Crippen LogP contribution is -2.50. The van der Waals surface area contributed by atoms with Crippen molar-refractivity contribution in [3.63, 3.8) is 0 Å². The van der Waals surface area contributed by atoms with E-state index in [-0.39, 0.29) is 18.0 Å². The largest absolute Gasteiger partial charge is 0.339 e. The zero-order valence-corrected chi connectivity index (χ0v) is 16.9. The van der Waals surface area contributed by atoms with Gasteiger partial charge in [-0.3, -0.25) is 19.5 Å². The van der Waals surface area contributed by atoms with Crippen molar-refractivity contribution in [1.29, 1.82) is 0 Å². The molecule has 1 saturated heterocycles. The fourth-order valence-corrected chi connectivity index (χ4v) is 3.62. The SMILES string of the molecule is O=C(Cn1nc(-c2ccncc2)ccc1=O)N1CCN(CCc2ccccc2)CC1. The Kier molecular flexibility index (Phi) is 6.29. The van der Waals surface area contributed by atoms with E-state index in [4.69, 9.17) is 0 Å². The summed E-state index contributed by atoms with van der Waals surface area (Å²) in [6, 6.07) is 17.2. The van der Waals surface area contributed by atoms with Crippen LogP contribution in [-0.4, -0.2) is 63.2 Å². The van der Waals surface area contributed by atoms with Crippen molar-refractivity contribution in [2.45, 2.75) is 13.0 Å². The molecule has 4 rings (SSSR count). The molecule has 1 aromatic carbocycles. The summed E-state index contributed by atoms with van der Waals surface area (Å²) in [5.41, 5.74) is 2.56. The first-order valence-electron chi connectivity index (χ1n) is 10.2. The number of piperazine rings is 1. The molecule has 30 heavy (non-hydrogen) atoms. The Bertz CT molecular complexity index is 1030. The Morgan fingerprint density at radius 2 is 1.63 bits per heavy atom. The average molecular weight is 403 g/mol. The normalized spacial score (nSPS) is 14.6. The summed E-state index contributed by atoms with van der Waals surface area (Å²) in [5, 5.41) is 4.37. The van der Waals surface area contributed by atoms with E-state index in [1.807, 2.05) is 23.1 Å². The van der Waals surface area contributed by atoms with Crippen LogP contribution in [0.3, 0.4) is 0 Å². The van der Waals surface area contributed by atoms with E-state index in [2.05, 4.69) is 39.2 Å². The van der Waals surface area contributed by atoms with E-state index >= 15 is 0 Å². The zero-order chi connectivity index (χ0) is 20.8. The molecule has 0 bridgehead atoms. The van der Waals surface area contributed by atoms with Crippen LogP contribution in [0.25, 0.3) is 11.3 Å². The van der Waals surface area contributed by atoms with Gasteiger partial charge in [-0.25, -0.2) is 4.68 Å². The van der Waals surface area contributed by atoms with Gasteiger partial charge in [-0.05, 0) is 30.2 Å². The van der Waals surface area contributed by atoms with Gasteiger partial charge in [-0.1, -0.05) is 30.3 Å². The van der Waals surface area contributed by atoms with Crippen LogP contribution in [-0.2, 0) is 17.8 Å². The summed E-state index contributed by atoms with van der Waals surface area (Å²) in [7, 11) is 0. The van der Waals surface area contributed by atoms with E-state index < -0.39 is 0 Å². The molecule has 0 spiro atoms. The van der Waals surface area contributed by atoms with Gasteiger partial charge < -0.3 is 4.90 Å². The fourth-order valence-electron chi connectivity index (χ4n) is 3.62. The second-order valence-corrected chi connectivity index (χ2v) is 7.41. The van der Waals surface area contributed by atoms with Crippen LogP contribution in [0.15, 0.2) is 71.8 Å². The average Bonchev–Trinajstić information content (AvgIpc) is 2.81. The van der Waals surface area contributed by atoms with E-state index in [1.165, 1.54) is 16.3 Å². The summed E-state index contributed by atoms with van der Waals surface area (Å²) in [5.74, 6) is -0.0702. The number of hydrogen-bond donors (Lipinski definition) is 0. The molecule has 0 N–H and O–H groups in total. The number of carbonyl (C=O) groups is 1. The fraction of sp³-hybridized carbons (Fsp3) is 0.304. The lowest BCUT2D eigenvalue weighted by Gasteiger charge is -2.34. The Labute approximate surface area is 175 Å². The Balaban J connectivity index is 1.32. The van der Waals surface area contributed by atoms with E-state index in [9.17, 15) is 9.59 Å². The maximum absolute atomic E-state index is 12.8. The monoisotopic (exact) mass is 403 g/mol. The minimum Gasteiger partial charge on any atom is -0.339 e. The lowest BCUT2D eigenvalue weighted by atomic mass is 10.1. The molecule has 0 radical (unpaired) electrons. The number of amides is 1. The van der Waals surface area contributed by atoms with Gasteiger partial charge in [-0.15, -0.1) is 0 Å². The Hall–Kier alpha value is -3.32. The second-order valence-electron chi connectivity index (χ2n) is 7.41. The maximum atomic E-state index is 12.8. The van der Waals surface area contributed by atoms with Gasteiger partial charge in [0.05, 0.1) is 5.69 Å². The third-order valence-corrected chi connectivity index (χ3v) is 5.41. The molecule has 2 aromatic heterocycles. The van der Waals surface area contributed by atoms with Crippen molar-refractivity contribution in [2.24, 2.45) is 0 Å². The summed E-state index contributed by atoms with van der Waals surface area (Å²) in [4.78, 5) is 33.2. The van der Waals surface area contributed by atoms with Gasteiger partial charge in [-0.2, -0.15) is 5.10 Å². The number of rotatable bonds is 6. The molecular weight excluding hydrogens is 378 g/mol. The lowest BCUT2D eigenvalue weighted by molar-refractivity contribution is -0.133. The van der Waals surface area contributed by atoms with Crippen LogP contribution in [0.5, 0.6) is 0 Å². The molecule has 7 heteroatoms. The summed E-state index contributed by atoms with van der Waals surface area (Å²) >= 11 is 0. The highest BCUT2D eigenvalue weighted by molar-refractivity contribution is 5.76. The van der Waals surface area contributed by atoms with Gasteiger partial charge in [0, 0.05) is 56.7 Å². The van der Waals surface area contributed by atoms with Crippen LogP contribution < -0.4 is 5.56 Å². The number of hydrogen-bond acceptors (Lipinski definition) is 5. The predicted molar refractivity (Wildman–Crippen MR) is 115 cm³/mol. The van der Waals surface area contributed by atoms with Gasteiger partial charge in [0.2, 0.25) is 5.91 Å². The topological polar surface area (TPSA) is 71.3 Å². The first-order chi connectivity index (χ1) is 14.7. The van der Waals surface area contributed by atoms with Crippen molar-refractivity contribution in [1.82, 2.24) is 24.6 Å². The van der Waals surface area contributed by atoms with E-state index in [0.717, 1.165) is 31.6 Å². The van der Waals surface area contributed by atoms with Crippen molar-refractivity contribution in [3.8, 4) is 11.3 Å². The molecule has 3 heterocycles. The van der Waals surface area contributed by atoms with Crippen molar-refractivity contribution in [3.05, 3.63) is 82.9 Å². The molecule has 0 atom stereocenters. The summed E-state index contributed by atoms with van der Waals surface area (Å²) < 4.78 is 1.25. The smallest absolute Gasteiger partial charge is 0.267 e. The first kappa shape index (κ1) is 20.0. The van der Waals surface area contributed by atoms with E-state index in [0.29, 0.717) is 18.8 Å². The van der Waals surface area contributed by atoms with Crippen molar-refractivity contribution >= 4 is 5.91 Å². The second kappa shape index (κ2) is 9.45. The van der Waals surface area contributed by atoms with Gasteiger partial charge in [0.1, 0.15) is 6.54 Å². The molecule has 3 aromatic rings. The molecular formula is C23H25N5O2. The zero-order valence-electron chi connectivity index (χ0n) is 16.9. The van der Waals surface area contributed by atoms with E-state index in [1.54, 1.807) is 18.5 Å². The maximum Gasteiger partial charge on any atom is 0.267 e. The van der Waals surface area contributed by atoms with Crippen LogP contribution in [0.2, 0.25) is 0 Å². The number of benzene rings is 1. The molecule has 7 nitrogen and oxygen atoms in total. The van der Waals surface area contributed by atoms with Crippen molar-refractivity contribution < 1.29 is 4.79 Å². The molecule has 0 saturated carbocycles. The van der Waals surface area contributed by atoms with Gasteiger partial charge >= 0.3 is 0 Å². The predicted octanol–water partition coefficient (Wildman–Crippen LogP) is 1.69. The molecule has 154 valence electrons. The number of pyridine rings is 1. The standard InChI is InChI=1S/C23H25N5O2/c29-22-7-6-21(20-8-11-24-12-9-20)25-28(22)18-23(30)27-16-14-26(15-17-27)13-10-19-4-2-1-3-5-19/h1-9,11-12H,10,13-18H2. The summed E-state index contributed by atoms with van der Waals surface area (Å²) in [6.07, 6.45) is 4.36. The molecule has 0 aliphatic carbocycles. The molecule has 1 fully saturated rings. The van der Waals surface area contributed by atoms with Crippen molar-refractivity contribution in [2.75, 3.05) is 32.7 Å². The molecule has 1 amide bonds. The van der Waals surface area contributed by atoms with Crippen LogP contribution in [0, 0.1) is 0 Å². The van der Waals surface area contributed by atoms with Crippen LogP contribution in [0.4, 0.5) is 0 Å². The summed E-state index contributed by atoms with van der Waals surface area (Å²) in [6.45, 7) is 3.98. The highest BCUT2D eigenvalue weighted by Gasteiger charge is 2.21. The minimum atomic E-state index is -0.275. The van der Waals surface area contributed by atoms with Gasteiger partial charge in [0.25, 0.3) is 5.56 Å². The van der Waals surface area contributed by atoms with Crippen LogP contribution in [0.1, 0.15) is 5.56 Å².